The first-order chi connectivity index (χ1) is 9.94. The number of nitrogens with zero attached hydrogens (tertiary/aromatic N) is 1. The lowest BCUT2D eigenvalue weighted by Gasteiger charge is -2.36. The topological polar surface area (TPSA) is 75.4 Å². The fourth-order valence-corrected chi connectivity index (χ4v) is 3.82. The van der Waals surface area contributed by atoms with Crippen molar-refractivity contribution in [1.82, 2.24) is 4.72 Å². The summed E-state index contributed by atoms with van der Waals surface area (Å²) in [5.74, 6) is 0.504. The summed E-state index contributed by atoms with van der Waals surface area (Å²) >= 11 is 0. The van der Waals surface area contributed by atoms with Gasteiger partial charge < -0.3 is 10.6 Å². The molecule has 0 bridgehead atoms. The van der Waals surface area contributed by atoms with Crippen molar-refractivity contribution >= 4 is 15.7 Å². The largest absolute Gasteiger partial charge is 0.371 e. The van der Waals surface area contributed by atoms with E-state index in [1.807, 2.05) is 12.1 Å². The molecule has 2 unspecified atom stereocenters. The van der Waals surface area contributed by atoms with Gasteiger partial charge in [0.2, 0.25) is 10.0 Å². The van der Waals surface area contributed by atoms with Crippen LogP contribution in [0.25, 0.3) is 0 Å². The zero-order valence-electron chi connectivity index (χ0n) is 12.7. The van der Waals surface area contributed by atoms with Gasteiger partial charge in [-0.2, -0.15) is 0 Å². The molecule has 0 spiro atoms. The molecule has 21 heavy (non-hydrogen) atoms. The van der Waals surface area contributed by atoms with Crippen LogP contribution in [0.15, 0.2) is 29.2 Å². The summed E-state index contributed by atoms with van der Waals surface area (Å²) in [4.78, 5) is 2.61. The summed E-state index contributed by atoms with van der Waals surface area (Å²) in [7, 11) is -3.37. The number of piperidine rings is 1. The van der Waals surface area contributed by atoms with Crippen molar-refractivity contribution in [3.05, 3.63) is 24.3 Å². The van der Waals surface area contributed by atoms with Gasteiger partial charge in [0.05, 0.1) is 4.90 Å². The van der Waals surface area contributed by atoms with E-state index in [1.54, 1.807) is 19.1 Å². The molecule has 0 aliphatic carbocycles. The molecule has 0 saturated carbocycles. The molecule has 1 aromatic carbocycles. The van der Waals surface area contributed by atoms with Crippen LogP contribution in [0, 0.1) is 5.92 Å². The highest BCUT2D eigenvalue weighted by Gasteiger charge is 2.23. The molecule has 0 amide bonds. The molecule has 6 heteroatoms. The van der Waals surface area contributed by atoms with Crippen molar-refractivity contribution in [2.45, 2.75) is 37.6 Å². The number of sulfonamides is 1. The van der Waals surface area contributed by atoms with Gasteiger partial charge in [0.15, 0.2) is 0 Å². The molecule has 1 saturated heterocycles. The molecule has 0 aromatic heterocycles. The van der Waals surface area contributed by atoms with Crippen LogP contribution in [-0.2, 0) is 10.0 Å². The zero-order valence-corrected chi connectivity index (χ0v) is 13.6. The Morgan fingerprint density at radius 2 is 2.05 bits per heavy atom. The van der Waals surface area contributed by atoms with E-state index < -0.39 is 10.0 Å². The smallest absolute Gasteiger partial charge is 0.240 e. The summed E-state index contributed by atoms with van der Waals surface area (Å²) in [6, 6.07) is 7.30. The van der Waals surface area contributed by atoms with Gasteiger partial charge in [-0.3, -0.25) is 0 Å². The molecule has 0 radical (unpaired) electrons. The SMILES string of the molecule is CCNS(=O)(=O)c1ccc(N2CCCC(C(C)N)C2)cc1. The number of rotatable bonds is 5. The van der Waals surface area contributed by atoms with Gasteiger partial charge >= 0.3 is 0 Å². The average Bonchev–Trinajstić information content (AvgIpc) is 2.47. The second kappa shape index (κ2) is 6.77. The number of hydrogen-bond donors (Lipinski definition) is 2. The third kappa shape index (κ3) is 3.96. The lowest BCUT2D eigenvalue weighted by atomic mass is 9.92. The van der Waals surface area contributed by atoms with Gasteiger partial charge in [0.25, 0.3) is 0 Å². The minimum Gasteiger partial charge on any atom is -0.371 e. The van der Waals surface area contributed by atoms with Crippen molar-refractivity contribution in [2.75, 3.05) is 24.5 Å². The summed E-state index contributed by atoms with van der Waals surface area (Å²) in [6.07, 6.45) is 2.30. The van der Waals surface area contributed by atoms with Crippen molar-refractivity contribution in [3.63, 3.8) is 0 Å². The molecule has 2 atom stereocenters. The van der Waals surface area contributed by atoms with E-state index in [2.05, 4.69) is 16.5 Å². The quantitative estimate of drug-likeness (QED) is 0.865. The maximum absolute atomic E-state index is 11.9. The second-order valence-corrected chi connectivity index (χ2v) is 7.47. The molecule has 1 fully saturated rings. The van der Waals surface area contributed by atoms with E-state index in [1.165, 1.54) is 6.42 Å². The summed E-state index contributed by atoms with van der Waals surface area (Å²) in [5, 5.41) is 0. The Bertz CT molecular complexity index is 555. The normalized spacial score (nSPS) is 21.3. The summed E-state index contributed by atoms with van der Waals surface area (Å²) in [6.45, 7) is 6.17. The predicted molar refractivity (Wildman–Crippen MR) is 85.9 cm³/mol. The van der Waals surface area contributed by atoms with E-state index in [4.69, 9.17) is 5.73 Å². The average molecular weight is 311 g/mol. The fourth-order valence-electron chi connectivity index (χ4n) is 2.78. The molecule has 3 N–H and O–H groups in total. The molecule has 1 aliphatic rings. The van der Waals surface area contributed by atoms with Gasteiger partial charge in [-0.15, -0.1) is 0 Å². The third-order valence-corrected chi connectivity index (χ3v) is 5.61. The maximum atomic E-state index is 11.9. The van der Waals surface area contributed by atoms with Crippen LogP contribution in [0.4, 0.5) is 5.69 Å². The molecule has 1 heterocycles. The first-order valence-corrected chi connectivity index (χ1v) is 9.02. The van der Waals surface area contributed by atoms with E-state index >= 15 is 0 Å². The van der Waals surface area contributed by atoms with Crippen molar-refractivity contribution < 1.29 is 8.42 Å². The molecular formula is C15H25N3O2S. The molecular weight excluding hydrogens is 286 g/mol. The second-order valence-electron chi connectivity index (χ2n) is 5.70. The Kier molecular flexibility index (Phi) is 5.24. The Morgan fingerprint density at radius 3 is 2.62 bits per heavy atom. The lowest BCUT2D eigenvalue weighted by molar-refractivity contribution is 0.364. The summed E-state index contributed by atoms with van der Waals surface area (Å²) < 4.78 is 26.3. The Morgan fingerprint density at radius 1 is 1.38 bits per heavy atom. The van der Waals surface area contributed by atoms with Gasteiger partial charge in [-0.25, -0.2) is 13.1 Å². The molecule has 5 nitrogen and oxygen atoms in total. The molecule has 2 rings (SSSR count). The minimum absolute atomic E-state index is 0.196. The minimum atomic E-state index is -3.37. The summed E-state index contributed by atoms with van der Waals surface area (Å²) in [5.41, 5.74) is 7.07. The van der Waals surface area contributed by atoms with E-state index in [0.29, 0.717) is 17.4 Å². The van der Waals surface area contributed by atoms with Gasteiger partial charge in [0, 0.05) is 31.4 Å². The molecule has 118 valence electrons. The fraction of sp³-hybridized carbons (Fsp3) is 0.600. The number of nitrogens with one attached hydrogen (secondary N) is 1. The Labute approximate surface area is 127 Å². The van der Waals surface area contributed by atoms with E-state index in [9.17, 15) is 8.42 Å². The highest BCUT2D eigenvalue weighted by molar-refractivity contribution is 7.89. The molecule has 1 aromatic rings. The Hall–Kier alpha value is -1.11. The van der Waals surface area contributed by atoms with Crippen molar-refractivity contribution in [2.24, 2.45) is 11.7 Å². The van der Waals surface area contributed by atoms with Crippen LogP contribution >= 0.6 is 0 Å². The standard InChI is InChI=1S/C15H25N3O2S/c1-3-17-21(19,20)15-8-6-14(7-9-15)18-10-4-5-13(11-18)12(2)16/h6-9,12-13,17H,3-5,10-11,16H2,1-2H3. The van der Waals surface area contributed by atoms with Crippen LogP contribution in [0.2, 0.25) is 0 Å². The number of nitrogens with two attached hydrogens (primary N) is 1. The van der Waals surface area contributed by atoms with Crippen LogP contribution in [0.5, 0.6) is 0 Å². The first kappa shape index (κ1) is 16.3. The van der Waals surface area contributed by atoms with Crippen molar-refractivity contribution in [1.29, 1.82) is 0 Å². The van der Waals surface area contributed by atoms with Gasteiger partial charge in [-0.1, -0.05) is 6.92 Å². The van der Waals surface area contributed by atoms with Gasteiger partial charge in [0.1, 0.15) is 0 Å². The van der Waals surface area contributed by atoms with E-state index in [0.717, 1.165) is 25.2 Å². The van der Waals surface area contributed by atoms with E-state index in [-0.39, 0.29) is 6.04 Å². The maximum Gasteiger partial charge on any atom is 0.240 e. The van der Waals surface area contributed by atoms with Crippen LogP contribution in [0.3, 0.4) is 0 Å². The number of hydrogen-bond acceptors (Lipinski definition) is 4. The molecule has 1 aliphatic heterocycles. The Balaban J connectivity index is 2.12. The third-order valence-electron chi connectivity index (χ3n) is 4.05. The number of anilines is 1. The predicted octanol–water partition coefficient (Wildman–Crippen LogP) is 1.55. The first-order valence-electron chi connectivity index (χ1n) is 7.54. The zero-order chi connectivity index (χ0) is 15.5. The number of benzene rings is 1. The van der Waals surface area contributed by atoms with Crippen molar-refractivity contribution in [3.8, 4) is 0 Å². The van der Waals surface area contributed by atoms with Crippen LogP contribution < -0.4 is 15.4 Å². The highest BCUT2D eigenvalue weighted by atomic mass is 32.2. The monoisotopic (exact) mass is 311 g/mol. The van der Waals surface area contributed by atoms with Crippen LogP contribution in [-0.4, -0.2) is 34.1 Å². The van der Waals surface area contributed by atoms with Gasteiger partial charge in [-0.05, 0) is 49.9 Å². The lowest BCUT2D eigenvalue weighted by Crippen LogP contribution is -2.42. The highest BCUT2D eigenvalue weighted by Crippen LogP contribution is 2.25. The van der Waals surface area contributed by atoms with Crippen LogP contribution in [0.1, 0.15) is 26.7 Å².